The first kappa shape index (κ1) is 10.9. The zero-order chi connectivity index (χ0) is 12.3. The number of hydrogen-bond acceptors (Lipinski definition) is 5. The van der Waals surface area contributed by atoms with Crippen LogP contribution in [0.25, 0.3) is 11.0 Å². The fraction of sp³-hybridized carbons (Fsp3) is 0.0833. The highest BCUT2D eigenvalue weighted by Crippen LogP contribution is 2.23. The molecule has 0 unspecified atom stereocenters. The molecule has 1 heterocycles. The third-order valence-corrected chi connectivity index (χ3v) is 2.31. The van der Waals surface area contributed by atoms with Crippen molar-refractivity contribution >= 4 is 22.9 Å². The summed E-state index contributed by atoms with van der Waals surface area (Å²) in [6, 6.07) is 8.71. The SMILES string of the molecule is N#CCNc1c(C=O)c(=O)oc2ccccc12. The van der Waals surface area contributed by atoms with Crippen molar-refractivity contribution in [1.82, 2.24) is 0 Å². The van der Waals surface area contributed by atoms with Gasteiger partial charge in [0.25, 0.3) is 0 Å². The van der Waals surface area contributed by atoms with E-state index in [2.05, 4.69) is 5.32 Å². The molecule has 1 aromatic heterocycles. The monoisotopic (exact) mass is 228 g/mol. The summed E-state index contributed by atoms with van der Waals surface area (Å²) in [6.07, 6.45) is 0.429. The summed E-state index contributed by atoms with van der Waals surface area (Å²) in [5.74, 6) is 0. The first-order chi connectivity index (χ1) is 8.27. The Hall–Kier alpha value is -2.61. The van der Waals surface area contributed by atoms with Crippen molar-refractivity contribution < 1.29 is 9.21 Å². The minimum Gasteiger partial charge on any atom is -0.422 e. The first-order valence-electron chi connectivity index (χ1n) is 4.89. The molecule has 0 aliphatic heterocycles. The lowest BCUT2D eigenvalue weighted by Gasteiger charge is -2.07. The number of nitrogens with zero attached hydrogens (tertiary/aromatic N) is 1. The van der Waals surface area contributed by atoms with Gasteiger partial charge in [-0.1, -0.05) is 12.1 Å². The Balaban J connectivity index is 2.78. The van der Waals surface area contributed by atoms with Crippen LogP contribution in [-0.4, -0.2) is 12.8 Å². The molecule has 0 saturated heterocycles. The summed E-state index contributed by atoms with van der Waals surface area (Å²) in [4.78, 5) is 22.4. The summed E-state index contributed by atoms with van der Waals surface area (Å²) in [5.41, 5.74) is -0.0879. The maximum absolute atomic E-state index is 11.5. The molecule has 2 rings (SSSR count). The van der Waals surface area contributed by atoms with Gasteiger partial charge in [-0.15, -0.1) is 0 Å². The van der Waals surface area contributed by atoms with Crippen molar-refractivity contribution in [3.05, 3.63) is 40.2 Å². The lowest BCUT2D eigenvalue weighted by Crippen LogP contribution is -2.12. The second-order valence-electron chi connectivity index (χ2n) is 3.30. The molecule has 0 atom stereocenters. The van der Waals surface area contributed by atoms with E-state index in [0.29, 0.717) is 22.9 Å². The highest BCUT2D eigenvalue weighted by atomic mass is 16.4. The van der Waals surface area contributed by atoms with Gasteiger partial charge >= 0.3 is 5.63 Å². The number of para-hydroxylation sites is 1. The number of nitrogens with one attached hydrogen (secondary N) is 1. The molecule has 84 valence electrons. The van der Waals surface area contributed by atoms with E-state index in [1.165, 1.54) is 0 Å². The molecule has 5 nitrogen and oxygen atoms in total. The second-order valence-corrected chi connectivity index (χ2v) is 3.30. The van der Waals surface area contributed by atoms with Gasteiger partial charge < -0.3 is 9.73 Å². The van der Waals surface area contributed by atoms with Crippen molar-refractivity contribution in [2.24, 2.45) is 0 Å². The third kappa shape index (κ3) is 1.88. The lowest BCUT2D eigenvalue weighted by molar-refractivity contribution is 0.112. The van der Waals surface area contributed by atoms with E-state index in [1.54, 1.807) is 24.3 Å². The number of carbonyl (C=O) groups is 1. The van der Waals surface area contributed by atoms with Gasteiger partial charge in [0.15, 0.2) is 6.29 Å². The predicted octanol–water partition coefficient (Wildman–Crippen LogP) is 1.54. The molecule has 0 radical (unpaired) electrons. The van der Waals surface area contributed by atoms with E-state index in [9.17, 15) is 9.59 Å². The van der Waals surface area contributed by atoms with Gasteiger partial charge in [-0.2, -0.15) is 5.26 Å². The molecular formula is C12H8N2O3. The summed E-state index contributed by atoms with van der Waals surface area (Å²) in [5, 5.41) is 11.9. The van der Waals surface area contributed by atoms with Crippen molar-refractivity contribution in [2.75, 3.05) is 11.9 Å². The van der Waals surface area contributed by atoms with Crippen LogP contribution >= 0.6 is 0 Å². The molecule has 5 heteroatoms. The van der Waals surface area contributed by atoms with Crippen LogP contribution in [0.2, 0.25) is 0 Å². The van der Waals surface area contributed by atoms with Crippen molar-refractivity contribution in [3.8, 4) is 6.07 Å². The number of benzene rings is 1. The Labute approximate surface area is 96.3 Å². The van der Waals surface area contributed by atoms with Crippen LogP contribution in [0.15, 0.2) is 33.5 Å². The van der Waals surface area contributed by atoms with Crippen LogP contribution in [0.5, 0.6) is 0 Å². The van der Waals surface area contributed by atoms with Gasteiger partial charge in [0.05, 0.1) is 11.8 Å². The number of rotatable bonds is 3. The maximum atomic E-state index is 11.5. The van der Waals surface area contributed by atoms with E-state index >= 15 is 0 Å². The molecule has 0 aliphatic carbocycles. The number of anilines is 1. The topological polar surface area (TPSA) is 83.1 Å². The number of fused-ring (bicyclic) bond motifs is 1. The number of nitriles is 1. The summed E-state index contributed by atoms with van der Waals surface area (Å²) in [7, 11) is 0. The quantitative estimate of drug-likeness (QED) is 0.489. The Bertz CT molecular complexity index is 667. The van der Waals surface area contributed by atoms with Gasteiger partial charge in [0, 0.05) is 5.39 Å². The third-order valence-electron chi connectivity index (χ3n) is 2.31. The highest BCUT2D eigenvalue weighted by Gasteiger charge is 2.12. The maximum Gasteiger partial charge on any atom is 0.349 e. The van der Waals surface area contributed by atoms with E-state index in [-0.39, 0.29) is 12.1 Å². The zero-order valence-corrected chi connectivity index (χ0v) is 8.77. The van der Waals surface area contributed by atoms with Gasteiger partial charge in [0.2, 0.25) is 0 Å². The van der Waals surface area contributed by atoms with Crippen molar-refractivity contribution in [2.45, 2.75) is 0 Å². The number of carbonyl (C=O) groups excluding carboxylic acids is 1. The van der Waals surface area contributed by atoms with Crippen LogP contribution in [0.1, 0.15) is 10.4 Å². The average Bonchev–Trinajstić information content (AvgIpc) is 2.35. The van der Waals surface area contributed by atoms with Crippen LogP contribution in [0, 0.1) is 11.3 Å². The fourth-order valence-corrected chi connectivity index (χ4v) is 1.59. The van der Waals surface area contributed by atoms with Crippen LogP contribution in [0.3, 0.4) is 0 Å². The molecule has 17 heavy (non-hydrogen) atoms. The largest absolute Gasteiger partial charge is 0.422 e. The molecular weight excluding hydrogens is 220 g/mol. The highest BCUT2D eigenvalue weighted by molar-refractivity contribution is 5.98. The van der Waals surface area contributed by atoms with E-state index in [0.717, 1.165) is 0 Å². The number of aldehydes is 1. The van der Waals surface area contributed by atoms with Gasteiger partial charge in [-0.05, 0) is 12.1 Å². The minimum absolute atomic E-state index is 0.00822. The smallest absolute Gasteiger partial charge is 0.349 e. The van der Waals surface area contributed by atoms with Crippen LogP contribution in [-0.2, 0) is 0 Å². The Morgan fingerprint density at radius 3 is 2.88 bits per heavy atom. The molecule has 0 fully saturated rings. The minimum atomic E-state index is -0.709. The van der Waals surface area contributed by atoms with Crippen LogP contribution in [0.4, 0.5) is 5.69 Å². The number of hydrogen-bond donors (Lipinski definition) is 1. The Morgan fingerprint density at radius 2 is 2.18 bits per heavy atom. The van der Waals surface area contributed by atoms with Crippen molar-refractivity contribution in [1.29, 1.82) is 5.26 Å². The van der Waals surface area contributed by atoms with Crippen LogP contribution < -0.4 is 10.9 Å². The lowest BCUT2D eigenvalue weighted by atomic mass is 10.1. The molecule has 2 aromatic rings. The summed E-state index contributed by atoms with van der Waals surface area (Å²) in [6.45, 7) is 0.00822. The Morgan fingerprint density at radius 1 is 1.41 bits per heavy atom. The molecule has 1 aromatic carbocycles. The molecule has 0 bridgehead atoms. The Kier molecular flexibility index (Phi) is 2.88. The molecule has 0 saturated carbocycles. The van der Waals surface area contributed by atoms with Crippen molar-refractivity contribution in [3.63, 3.8) is 0 Å². The second kappa shape index (κ2) is 4.49. The normalized spacial score (nSPS) is 9.82. The fourth-order valence-electron chi connectivity index (χ4n) is 1.59. The average molecular weight is 228 g/mol. The summed E-state index contributed by atoms with van der Waals surface area (Å²) >= 11 is 0. The molecule has 0 amide bonds. The van der Waals surface area contributed by atoms with E-state index in [1.807, 2.05) is 6.07 Å². The van der Waals surface area contributed by atoms with Gasteiger partial charge in [-0.25, -0.2) is 4.79 Å². The van der Waals surface area contributed by atoms with E-state index < -0.39 is 5.63 Å². The first-order valence-corrected chi connectivity index (χ1v) is 4.89. The zero-order valence-electron chi connectivity index (χ0n) is 8.77. The molecule has 0 spiro atoms. The van der Waals surface area contributed by atoms with E-state index in [4.69, 9.17) is 9.68 Å². The molecule has 0 aliphatic rings. The summed E-state index contributed by atoms with van der Waals surface area (Å²) < 4.78 is 4.99. The van der Waals surface area contributed by atoms with Gasteiger partial charge in [0.1, 0.15) is 17.7 Å². The molecule has 1 N–H and O–H groups in total. The standard InChI is InChI=1S/C12H8N2O3/c13-5-6-14-11-8-3-1-2-4-10(8)17-12(16)9(11)7-15/h1-4,7,14H,6H2. The van der Waals surface area contributed by atoms with Gasteiger partial charge in [-0.3, -0.25) is 4.79 Å². The predicted molar refractivity (Wildman–Crippen MR) is 62.0 cm³/mol.